The molecule has 0 aliphatic carbocycles. The van der Waals surface area contributed by atoms with Crippen molar-refractivity contribution in [3.8, 4) is 23.5 Å². The molecule has 0 saturated carbocycles. The van der Waals surface area contributed by atoms with E-state index in [4.69, 9.17) is 6.42 Å². The van der Waals surface area contributed by atoms with Crippen molar-refractivity contribution < 1.29 is 0 Å². The SMILES string of the molecule is C#Cc1cccc(C#CSC)c1. The minimum Gasteiger partial charge on any atom is -0.115 e. The molecule has 1 aromatic rings. The number of benzene rings is 1. The average Bonchev–Trinajstić information content (AvgIpc) is 2.15. The fourth-order valence-electron chi connectivity index (χ4n) is 0.797. The molecule has 0 saturated heterocycles. The third-order valence-electron chi connectivity index (χ3n) is 1.33. The summed E-state index contributed by atoms with van der Waals surface area (Å²) in [7, 11) is 0. The quantitative estimate of drug-likeness (QED) is 0.541. The standard InChI is InChI=1S/C11H8S/c1-3-10-5-4-6-11(9-10)7-8-12-2/h1,4-6,9H,2H3. The molecule has 58 valence electrons. The second kappa shape index (κ2) is 4.54. The molecule has 1 heteroatoms. The summed E-state index contributed by atoms with van der Waals surface area (Å²) in [5.74, 6) is 5.56. The fraction of sp³-hybridized carbons (Fsp3) is 0.0909. The highest BCUT2D eigenvalue weighted by Crippen LogP contribution is 2.02. The van der Waals surface area contributed by atoms with E-state index in [0.717, 1.165) is 11.1 Å². The predicted octanol–water partition coefficient (Wildman–Crippen LogP) is 2.34. The van der Waals surface area contributed by atoms with Crippen molar-refractivity contribution in [1.29, 1.82) is 0 Å². The molecule has 0 amide bonds. The van der Waals surface area contributed by atoms with Gasteiger partial charge in [0.15, 0.2) is 0 Å². The van der Waals surface area contributed by atoms with E-state index in [1.807, 2.05) is 30.5 Å². The third-order valence-corrected chi connectivity index (χ3v) is 1.63. The second-order valence-electron chi connectivity index (χ2n) is 2.16. The van der Waals surface area contributed by atoms with Crippen LogP contribution in [0.4, 0.5) is 0 Å². The van der Waals surface area contributed by atoms with Crippen LogP contribution in [0, 0.1) is 23.5 Å². The smallest absolute Gasteiger partial charge is 0.0266 e. The number of hydrogen-bond acceptors (Lipinski definition) is 1. The Balaban J connectivity index is 2.96. The van der Waals surface area contributed by atoms with E-state index >= 15 is 0 Å². The molecule has 0 aromatic heterocycles. The Morgan fingerprint density at radius 3 is 2.75 bits per heavy atom. The summed E-state index contributed by atoms with van der Waals surface area (Å²) < 4.78 is 0. The van der Waals surface area contributed by atoms with E-state index in [-0.39, 0.29) is 0 Å². The predicted molar refractivity (Wildman–Crippen MR) is 54.8 cm³/mol. The highest BCUT2D eigenvalue weighted by atomic mass is 32.2. The Morgan fingerprint density at radius 1 is 1.33 bits per heavy atom. The lowest BCUT2D eigenvalue weighted by molar-refractivity contribution is 1.60. The molecule has 12 heavy (non-hydrogen) atoms. The zero-order valence-electron chi connectivity index (χ0n) is 6.79. The first-order valence-electron chi connectivity index (χ1n) is 3.47. The lowest BCUT2D eigenvalue weighted by Gasteiger charge is -1.90. The van der Waals surface area contributed by atoms with Crippen LogP contribution >= 0.6 is 11.8 Å². The Hall–Kier alpha value is -1.31. The van der Waals surface area contributed by atoms with Gasteiger partial charge in [0, 0.05) is 11.1 Å². The fourth-order valence-corrected chi connectivity index (χ4v) is 1.02. The monoisotopic (exact) mass is 172 g/mol. The van der Waals surface area contributed by atoms with Gasteiger partial charge in [-0.1, -0.05) is 29.7 Å². The summed E-state index contributed by atoms with van der Waals surface area (Å²) >= 11 is 1.50. The molecular weight excluding hydrogens is 164 g/mol. The maximum absolute atomic E-state index is 5.24. The zero-order valence-corrected chi connectivity index (χ0v) is 7.61. The summed E-state index contributed by atoms with van der Waals surface area (Å²) in [5, 5.41) is 2.91. The minimum atomic E-state index is 0.878. The van der Waals surface area contributed by atoms with E-state index in [9.17, 15) is 0 Å². The van der Waals surface area contributed by atoms with Crippen molar-refractivity contribution in [2.75, 3.05) is 6.26 Å². The first kappa shape index (κ1) is 8.78. The topological polar surface area (TPSA) is 0 Å². The van der Waals surface area contributed by atoms with Crippen molar-refractivity contribution in [1.82, 2.24) is 0 Å². The maximum atomic E-state index is 5.24. The van der Waals surface area contributed by atoms with Crippen LogP contribution in [0.25, 0.3) is 0 Å². The highest BCUT2D eigenvalue weighted by molar-refractivity contribution is 8.03. The van der Waals surface area contributed by atoms with Gasteiger partial charge in [-0.3, -0.25) is 0 Å². The lowest BCUT2D eigenvalue weighted by atomic mass is 10.1. The van der Waals surface area contributed by atoms with Gasteiger partial charge in [-0.25, -0.2) is 0 Å². The molecule has 0 aliphatic heterocycles. The highest BCUT2D eigenvalue weighted by Gasteiger charge is 1.87. The van der Waals surface area contributed by atoms with Crippen LogP contribution < -0.4 is 0 Å². The van der Waals surface area contributed by atoms with Crippen LogP contribution in [0.2, 0.25) is 0 Å². The maximum Gasteiger partial charge on any atom is 0.0266 e. The molecular formula is C11H8S. The van der Waals surface area contributed by atoms with Gasteiger partial charge in [0.2, 0.25) is 0 Å². The minimum absolute atomic E-state index is 0.878. The van der Waals surface area contributed by atoms with Crippen LogP contribution in [-0.2, 0) is 0 Å². The summed E-state index contributed by atoms with van der Waals surface area (Å²) in [6.07, 6.45) is 7.19. The number of terminal acetylenes is 1. The molecule has 0 atom stereocenters. The summed E-state index contributed by atoms with van der Waals surface area (Å²) in [4.78, 5) is 0. The van der Waals surface area contributed by atoms with Gasteiger partial charge in [-0.05, 0) is 29.7 Å². The van der Waals surface area contributed by atoms with Gasteiger partial charge in [0.05, 0.1) is 0 Å². The molecule has 1 aromatic carbocycles. The zero-order chi connectivity index (χ0) is 8.81. The van der Waals surface area contributed by atoms with E-state index in [1.165, 1.54) is 11.8 Å². The molecule has 0 radical (unpaired) electrons. The first-order valence-corrected chi connectivity index (χ1v) is 4.70. The summed E-state index contributed by atoms with van der Waals surface area (Å²) in [5.41, 5.74) is 1.85. The van der Waals surface area contributed by atoms with Gasteiger partial charge < -0.3 is 0 Å². The largest absolute Gasteiger partial charge is 0.115 e. The number of rotatable bonds is 0. The molecule has 0 fully saturated rings. The van der Waals surface area contributed by atoms with Gasteiger partial charge >= 0.3 is 0 Å². The van der Waals surface area contributed by atoms with Crippen LogP contribution in [0.1, 0.15) is 11.1 Å². The molecule has 0 heterocycles. The Labute approximate surface area is 77.4 Å². The van der Waals surface area contributed by atoms with Crippen molar-refractivity contribution in [3.63, 3.8) is 0 Å². The third kappa shape index (κ3) is 2.38. The van der Waals surface area contributed by atoms with Crippen LogP contribution in [0.5, 0.6) is 0 Å². The summed E-state index contributed by atoms with van der Waals surface area (Å²) in [6, 6.07) is 7.66. The van der Waals surface area contributed by atoms with Crippen LogP contribution in [-0.4, -0.2) is 6.26 Å². The van der Waals surface area contributed by atoms with Crippen molar-refractivity contribution >= 4 is 11.8 Å². The van der Waals surface area contributed by atoms with Gasteiger partial charge in [0.1, 0.15) is 0 Å². The van der Waals surface area contributed by atoms with Gasteiger partial charge in [0.25, 0.3) is 0 Å². The van der Waals surface area contributed by atoms with Crippen LogP contribution in [0.3, 0.4) is 0 Å². The van der Waals surface area contributed by atoms with E-state index in [1.54, 1.807) is 0 Å². The molecule has 0 N–H and O–H groups in total. The molecule has 0 bridgehead atoms. The normalized spacial score (nSPS) is 8.00. The summed E-state index contributed by atoms with van der Waals surface area (Å²) in [6.45, 7) is 0. The van der Waals surface area contributed by atoms with Crippen molar-refractivity contribution in [2.45, 2.75) is 0 Å². The van der Waals surface area contributed by atoms with E-state index in [2.05, 4.69) is 17.1 Å². The van der Waals surface area contributed by atoms with Gasteiger partial charge in [-0.15, -0.1) is 6.42 Å². The van der Waals surface area contributed by atoms with Crippen molar-refractivity contribution in [2.24, 2.45) is 0 Å². The molecule has 0 unspecified atom stereocenters. The number of thioether (sulfide) groups is 1. The van der Waals surface area contributed by atoms with Crippen LogP contribution in [0.15, 0.2) is 24.3 Å². The first-order chi connectivity index (χ1) is 5.86. The number of hydrogen-bond donors (Lipinski definition) is 0. The van der Waals surface area contributed by atoms with E-state index in [0.29, 0.717) is 0 Å². The lowest BCUT2D eigenvalue weighted by Crippen LogP contribution is -1.76. The van der Waals surface area contributed by atoms with Crippen molar-refractivity contribution in [3.05, 3.63) is 35.4 Å². The molecule has 0 aliphatic rings. The Bertz CT molecular complexity index is 361. The average molecular weight is 172 g/mol. The molecule has 1 rings (SSSR count). The molecule has 0 nitrogen and oxygen atoms in total. The Morgan fingerprint density at radius 2 is 2.08 bits per heavy atom. The Kier molecular flexibility index (Phi) is 3.33. The van der Waals surface area contributed by atoms with E-state index < -0.39 is 0 Å². The van der Waals surface area contributed by atoms with Gasteiger partial charge in [-0.2, -0.15) is 0 Å². The second-order valence-corrected chi connectivity index (χ2v) is 2.77. The molecule has 0 spiro atoms.